The fraction of sp³-hybridized carbons (Fsp3) is 0.375. The van der Waals surface area contributed by atoms with E-state index in [-0.39, 0.29) is 3.57 Å². The first-order valence-electron chi connectivity index (χ1n) is 3.92. The summed E-state index contributed by atoms with van der Waals surface area (Å²) in [6.07, 6.45) is -7.23. The molecule has 0 spiro atoms. The molecule has 1 N–H and O–H groups in total. The van der Waals surface area contributed by atoms with Gasteiger partial charge in [0.15, 0.2) is 0 Å². The third-order valence-corrected chi connectivity index (χ3v) is 2.68. The summed E-state index contributed by atoms with van der Waals surface area (Å²) in [5.41, 5.74) is -3.15. The summed E-state index contributed by atoms with van der Waals surface area (Å²) in [7, 11) is 0. The molecular formula is C8H5F5INO. The van der Waals surface area contributed by atoms with E-state index >= 15 is 0 Å². The number of hydrogen-bond acceptors (Lipinski definition) is 2. The summed E-state index contributed by atoms with van der Waals surface area (Å²) in [4.78, 5) is 3.04. The van der Waals surface area contributed by atoms with Crippen LogP contribution in [0.25, 0.3) is 0 Å². The second-order valence-electron chi connectivity index (χ2n) is 2.80. The van der Waals surface area contributed by atoms with Crippen molar-refractivity contribution >= 4 is 22.6 Å². The fourth-order valence-electron chi connectivity index (χ4n) is 1.18. The number of pyridine rings is 1. The molecule has 1 aromatic heterocycles. The van der Waals surface area contributed by atoms with Gasteiger partial charge in [0.2, 0.25) is 0 Å². The average Bonchev–Trinajstić information content (AvgIpc) is 2.14. The maximum absolute atomic E-state index is 12.5. The van der Waals surface area contributed by atoms with E-state index in [2.05, 4.69) is 4.98 Å². The molecular weight excluding hydrogens is 348 g/mol. The fourth-order valence-corrected chi connectivity index (χ4v) is 1.88. The largest absolute Gasteiger partial charge is 0.433 e. The molecule has 0 aliphatic heterocycles. The van der Waals surface area contributed by atoms with E-state index in [1.165, 1.54) is 22.6 Å². The zero-order valence-corrected chi connectivity index (χ0v) is 9.68. The molecule has 0 unspecified atom stereocenters. The Morgan fingerprint density at radius 3 is 2.31 bits per heavy atom. The van der Waals surface area contributed by atoms with E-state index in [4.69, 9.17) is 5.11 Å². The van der Waals surface area contributed by atoms with Gasteiger partial charge in [-0.15, -0.1) is 0 Å². The van der Waals surface area contributed by atoms with Crippen LogP contribution < -0.4 is 0 Å². The average molecular weight is 353 g/mol. The smallest absolute Gasteiger partial charge is 0.392 e. The van der Waals surface area contributed by atoms with Crippen molar-refractivity contribution in [1.82, 2.24) is 4.98 Å². The van der Waals surface area contributed by atoms with Gasteiger partial charge in [-0.2, -0.15) is 13.2 Å². The van der Waals surface area contributed by atoms with Crippen LogP contribution in [0, 0.1) is 3.57 Å². The minimum Gasteiger partial charge on any atom is -0.392 e. The van der Waals surface area contributed by atoms with Crippen LogP contribution >= 0.6 is 22.6 Å². The SMILES string of the molecule is OCc1c(C(F)(F)F)ncc(I)c1C(F)F. The molecule has 1 rings (SSSR count). The molecule has 16 heavy (non-hydrogen) atoms. The number of aromatic nitrogens is 1. The van der Waals surface area contributed by atoms with Crippen molar-refractivity contribution in [2.45, 2.75) is 19.2 Å². The van der Waals surface area contributed by atoms with Gasteiger partial charge in [-0.05, 0) is 22.6 Å². The van der Waals surface area contributed by atoms with Crippen LogP contribution in [-0.2, 0) is 12.8 Å². The summed E-state index contributed by atoms with van der Waals surface area (Å²) >= 11 is 1.45. The van der Waals surface area contributed by atoms with Crippen molar-refractivity contribution in [3.63, 3.8) is 0 Å². The maximum atomic E-state index is 12.5. The molecule has 0 atom stereocenters. The number of aliphatic hydroxyl groups excluding tert-OH is 1. The van der Waals surface area contributed by atoms with E-state index in [0.29, 0.717) is 6.20 Å². The Labute approximate surface area is 101 Å². The van der Waals surface area contributed by atoms with Crippen molar-refractivity contribution in [2.24, 2.45) is 0 Å². The molecule has 0 radical (unpaired) electrons. The highest BCUT2D eigenvalue weighted by Crippen LogP contribution is 2.36. The van der Waals surface area contributed by atoms with Crippen LogP contribution in [0.1, 0.15) is 23.2 Å². The number of hydrogen-bond donors (Lipinski definition) is 1. The second-order valence-corrected chi connectivity index (χ2v) is 3.97. The summed E-state index contributed by atoms with van der Waals surface area (Å²) in [6, 6.07) is 0. The molecule has 8 heteroatoms. The summed E-state index contributed by atoms with van der Waals surface area (Å²) in [5, 5.41) is 8.76. The monoisotopic (exact) mass is 353 g/mol. The van der Waals surface area contributed by atoms with Gasteiger partial charge >= 0.3 is 6.18 Å². The lowest BCUT2D eigenvalue weighted by Crippen LogP contribution is -2.15. The molecule has 0 fully saturated rings. The van der Waals surface area contributed by atoms with E-state index in [9.17, 15) is 22.0 Å². The van der Waals surface area contributed by atoms with Crippen LogP contribution in [0.2, 0.25) is 0 Å². The van der Waals surface area contributed by atoms with Gasteiger partial charge in [0.1, 0.15) is 5.69 Å². The minimum atomic E-state index is -4.86. The summed E-state index contributed by atoms with van der Waals surface area (Å²) in [6.45, 7) is -1.13. The lowest BCUT2D eigenvalue weighted by molar-refractivity contribution is -0.142. The first-order chi connectivity index (χ1) is 7.29. The summed E-state index contributed by atoms with van der Waals surface area (Å²) < 4.78 is 62.1. The van der Waals surface area contributed by atoms with Crippen LogP contribution in [0.5, 0.6) is 0 Å². The highest BCUT2D eigenvalue weighted by atomic mass is 127. The Kier molecular flexibility index (Phi) is 4.05. The molecule has 0 bridgehead atoms. The Morgan fingerprint density at radius 2 is 1.94 bits per heavy atom. The molecule has 90 valence electrons. The van der Waals surface area contributed by atoms with Crippen molar-refractivity contribution in [3.8, 4) is 0 Å². The highest BCUT2D eigenvalue weighted by Gasteiger charge is 2.37. The number of halogens is 6. The van der Waals surface area contributed by atoms with Gasteiger partial charge in [-0.3, -0.25) is 4.98 Å². The molecule has 1 heterocycles. The Morgan fingerprint density at radius 1 is 1.38 bits per heavy atom. The van der Waals surface area contributed by atoms with Crippen molar-refractivity contribution in [3.05, 3.63) is 26.6 Å². The van der Waals surface area contributed by atoms with Gasteiger partial charge in [-0.25, -0.2) is 8.78 Å². The Bertz CT molecular complexity index is 393. The maximum Gasteiger partial charge on any atom is 0.433 e. The quantitative estimate of drug-likeness (QED) is 0.655. The number of nitrogens with zero attached hydrogens (tertiary/aromatic N) is 1. The van der Waals surface area contributed by atoms with E-state index in [0.717, 1.165) is 0 Å². The Balaban J connectivity index is 3.49. The molecule has 0 amide bonds. The number of alkyl halides is 5. The van der Waals surface area contributed by atoms with Crippen molar-refractivity contribution in [1.29, 1.82) is 0 Å². The first kappa shape index (κ1) is 13.6. The number of rotatable bonds is 2. The topological polar surface area (TPSA) is 33.1 Å². The third-order valence-electron chi connectivity index (χ3n) is 1.82. The number of aliphatic hydroxyl groups is 1. The zero-order valence-electron chi connectivity index (χ0n) is 7.52. The predicted octanol–water partition coefficient (Wildman–Crippen LogP) is 3.13. The lowest BCUT2D eigenvalue weighted by Gasteiger charge is -2.15. The van der Waals surface area contributed by atoms with Crippen LogP contribution in [0.4, 0.5) is 22.0 Å². The molecule has 0 aliphatic carbocycles. The molecule has 2 nitrogen and oxygen atoms in total. The van der Waals surface area contributed by atoms with Gasteiger partial charge < -0.3 is 5.11 Å². The first-order valence-corrected chi connectivity index (χ1v) is 5.00. The van der Waals surface area contributed by atoms with Crippen LogP contribution in [-0.4, -0.2) is 10.1 Å². The molecule has 0 saturated carbocycles. The molecule has 0 aromatic carbocycles. The van der Waals surface area contributed by atoms with Crippen molar-refractivity contribution < 1.29 is 27.1 Å². The van der Waals surface area contributed by atoms with Crippen LogP contribution in [0.3, 0.4) is 0 Å². The Hall–Kier alpha value is -0.510. The minimum absolute atomic E-state index is 0.107. The van der Waals surface area contributed by atoms with E-state index < -0.39 is 36.0 Å². The van der Waals surface area contributed by atoms with Gasteiger partial charge in [-0.1, -0.05) is 0 Å². The highest BCUT2D eigenvalue weighted by molar-refractivity contribution is 14.1. The molecule has 1 aromatic rings. The second kappa shape index (κ2) is 4.78. The van der Waals surface area contributed by atoms with E-state index in [1.54, 1.807) is 0 Å². The van der Waals surface area contributed by atoms with Crippen LogP contribution in [0.15, 0.2) is 6.20 Å². The van der Waals surface area contributed by atoms with Gasteiger partial charge in [0.25, 0.3) is 6.43 Å². The normalized spacial score (nSPS) is 12.2. The third kappa shape index (κ3) is 2.59. The summed E-state index contributed by atoms with van der Waals surface area (Å²) in [5.74, 6) is 0. The lowest BCUT2D eigenvalue weighted by atomic mass is 10.1. The van der Waals surface area contributed by atoms with Gasteiger partial charge in [0, 0.05) is 20.9 Å². The molecule has 0 saturated heterocycles. The predicted molar refractivity (Wildman–Crippen MR) is 52.8 cm³/mol. The van der Waals surface area contributed by atoms with Crippen molar-refractivity contribution in [2.75, 3.05) is 0 Å². The van der Waals surface area contributed by atoms with Gasteiger partial charge in [0.05, 0.1) is 6.61 Å². The standard InChI is InChI=1S/C8H5F5INO/c9-7(10)5-3(2-16)6(8(11,12)13)15-1-4(5)14/h1,7,16H,2H2. The van der Waals surface area contributed by atoms with E-state index in [1.807, 2.05) is 0 Å². The zero-order chi connectivity index (χ0) is 12.5. The molecule has 0 aliphatic rings.